The van der Waals surface area contributed by atoms with Crippen molar-refractivity contribution in [1.29, 1.82) is 0 Å². The summed E-state index contributed by atoms with van der Waals surface area (Å²) in [4.78, 5) is 11.0. The van der Waals surface area contributed by atoms with Crippen LogP contribution in [0.25, 0.3) is 0 Å². The van der Waals surface area contributed by atoms with Crippen molar-refractivity contribution in [3.8, 4) is 0 Å². The SMILES string of the molecule is COCC(Nc1ccc(C(N)=O)cc1)c1ccccc1. The van der Waals surface area contributed by atoms with Gasteiger partial charge >= 0.3 is 0 Å². The Morgan fingerprint density at radius 3 is 2.35 bits per heavy atom. The molecule has 0 fully saturated rings. The Morgan fingerprint density at radius 2 is 1.80 bits per heavy atom. The van der Waals surface area contributed by atoms with Gasteiger partial charge in [-0.3, -0.25) is 4.79 Å². The highest BCUT2D eigenvalue weighted by Gasteiger charge is 2.11. The lowest BCUT2D eigenvalue weighted by atomic mass is 10.1. The Labute approximate surface area is 118 Å². The molecule has 0 saturated heterocycles. The molecule has 0 aromatic heterocycles. The number of rotatable bonds is 6. The molecule has 0 bridgehead atoms. The predicted octanol–water partition coefficient (Wildman–Crippen LogP) is 2.59. The van der Waals surface area contributed by atoms with Crippen LogP contribution in [0, 0.1) is 0 Å². The van der Waals surface area contributed by atoms with E-state index < -0.39 is 5.91 Å². The van der Waals surface area contributed by atoms with E-state index in [9.17, 15) is 4.79 Å². The van der Waals surface area contributed by atoms with Crippen molar-refractivity contribution in [3.05, 3.63) is 65.7 Å². The van der Waals surface area contributed by atoms with Gasteiger partial charge < -0.3 is 15.8 Å². The topological polar surface area (TPSA) is 64.3 Å². The van der Waals surface area contributed by atoms with E-state index in [0.717, 1.165) is 11.3 Å². The van der Waals surface area contributed by atoms with Crippen LogP contribution < -0.4 is 11.1 Å². The van der Waals surface area contributed by atoms with Crippen molar-refractivity contribution >= 4 is 11.6 Å². The van der Waals surface area contributed by atoms with E-state index >= 15 is 0 Å². The number of anilines is 1. The van der Waals surface area contributed by atoms with E-state index in [-0.39, 0.29) is 6.04 Å². The molecule has 0 radical (unpaired) electrons. The Hall–Kier alpha value is -2.33. The minimum atomic E-state index is -0.423. The average molecular weight is 270 g/mol. The van der Waals surface area contributed by atoms with Crippen LogP contribution in [0.3, 0.4) is 0 Å². The van der Waals surface area contributed by atoms with Crippen LogP contribution in [0.15, 0.2) is 54.6 Å². The molecule has 2 aromatic carbocycles. The molecule has 0 aliphatic carbocycles. The summed E-state index contributed by atoms with van der Waals surface area (Å²) >= 11 is 0. The summed E-state index contributed by atoms with van der Waals surface area (Å²) in [6.07, 6.45) is 0. The normalized spacial score (nSPS) is 11.8. The van der Waals surface area contributed by atoms with Crippen molar-refractivity contribution in [3.63, 3.8) is 0 Å². The van der Waals surface area contributed by atoms with Crippen LogP contribution in [0.5, 0.6) is 0 Å². The Morgan fingerprint density at radius 1 is 1.15 bits per heavy atom. The van der Waals surface area contributed by atoms with E-state index in [1.807, 2.05) is 30.3 Å². The maximum absolute atomic E-state index is 11.0. The Bertz CT molecular complexity index is 552. The quantitative estimate of drug-likeness (QED) is 0.848. The highest BCUT2D eigenvalue weighted by atomic mass is 16.5. The van der Waals surface area contributed by atoms with Gasteiger partial charge in [-0.1, -0.05) is 30.3 Å². The molecule has 1 amide bonds. The lowest BCUT2D eigenvalue weighted by Gasteiger charge is -2.19. The average Bonchev–Trinajstić information content (AvgIpc) is 2.48. The van der Waals surface area contributed by atoms with Gasteiger partial charge in [0.25, 0.3) is 0 Å². The maximum atomic E-state index is 11.0. The molecule has 20 heavy (non-hydrogen) atoms. The molecule has 1 atom stereocenters. The van der Waals surface area contributed by atoms with Crippen molar-refractivity contribution in [2.75, 3.05) is 19.0 Å². The lowest BCUT2D eigenvalue weighted by Crippen LogP contribution is -2.16. The monoisotopic (exact) mass is 270 g/mol. The van der Waals surface area contributed by atoms with E-state index in [2.05, 4.69) is 17.4 Å². The molecule has 2 rings (SSSR count). The largest absolute Gasteiger partial charge is 0.382 e. The second kappa shape index (κ2) is 6.73. The second-order valence-corrected chi connectivity index (χ2v) is 4.50. The number of carbonyl (C=O) groups is 1. The minimum Gasteiger partial charge on any atom is -0.382 e. The number of hydrogen-bond donors (Lipinski definition) is 2. The molecule has 4 nitrogen and oxygen atoms in total. The first kappa shape index (κ1) is 14.1. The smallest absolute Gasteiger partial charge is 0.248 e. The molecule has 104 valence electrons. The van der Waals surface area contributed by atoms with Gasteiger partial charge in [0.2, 0.25) is 5.91 Å². The lowest BCUT2D eigenvalue weighted by molar-refractivity contribution is 0.100. The zero-order valence-electron chi connectivity index (χ0n) is 11.4. The molecule has 0 saturated carbocycles. The van der Waals surface area contributed by atoms with Gasteiger partial charge in [0.1, 0.15) is 0 Å². The van der Waals surface area contributed by atoms with Gasteiger partial charge in [-0.2, -0.15) is 0 Å². The van der Waals surface area contributed by atoms with Crippen LogP contribution in [0.1, 0.15) is 22.0 Å². The van der Waals surface area contributed by atoms with Crippen LogP contribution in [0.2, 0.25) is 0 Å². The Kier molecular flexibility index (Phi) is 4.74. The maximum Gasteiger partial charge on any atom is 0.248 e. The summed E-state index contributed by atoms with van der Waals surface area (Å²) in [5.74, 6) is -0.423. The van der Waals surface area contributed by atoms with Crippen molar-refractivity contribution < 1.29 is 9.53 Å². The minimum absolute atomic E-state index is 0.0561. The number of nitrogens with one attached hydrogen (secondary N) is 1. The molecule has 0 aliphatic heterocycles. The molecule has 1 unspecified atom stereocenters. The van der Waals surface area contributed by atoms with Crippen molar-refractivity contribution in [2.45, 2.75) is 6.04 Å². The first-order valence-corrected chi connectivity index (χ1v) is 6.41. The third-order valence-corrected chi connectivity index (χ3v) is 3.05. The first-order valence-electron chi connectivity index (χ1n) is 6.41. The van der Waals surface area contributed by atoms with Crippen LogP contribution in [-0.2, 0) is 4.74 Å². The summed E-state index contributed by atoms with van der Waals surface area (Å²) in [7, 11) is 1.67. The summed E-state index contributed by atoms with van der Waals surface area (Å²) in [5, 5.41) is 3.39. The van der Waals surface area contributed by atoms with E-state index in [4.69, 9.17) is 10.5 Å². The highest BCUT2D eigenvalue weighted by molar-refractivity contribution is 5.93. The van der Waals surface area contributed by atoms with Crippen LogP contribution in [0.4, 0.5) is 5.69 Å². The number of methoxy groups -OCH3 is 1. The fourth-order valence-electron chi connectivity index (χ4n) is 2.01. The number of benzene rings is 2. The summed E-state index contributed by atoms with van der Waals surface area (Å²) in [6.45, 7) is 0.557. The second-order valence-electron chi connectivity index (χ2n) is 4.50. The molecule has 0 aliphatic rings. The Balaban J connectivity index is 2.14. The third-order valence-electron chi connectivity index (χ3n) is 3.05. The summed E-state index contributed by atoms with van der Waals surface area (Å²) in [6, 6.07) is 17.2. The summed E-state index contributed by atoms with van der Waals surface area (Å²) < 4.78 is 5.26. The number of primary amides is 1. The fraction of sp³-hybridized carbons (Fsp3) is 0.188. The zero-order valence-corrected chi connectivity index (χ0v) is 11.4. The fourth-order valence-corrected chi connectivity index (χ4v) is 2.01. The number of ether oxygens (including phenoxy) is 1. The van der Waals surface area contributed by atoms with Gasteiger partial charge in [0, 0.05) is 18.4 Å². The molecule has 2 aromatic rings. The highest BCUT2D eigenvalue weighted by Crippen LogP contribution is 2.20. The first-order chi connectivity index (χ1) is 9.70. The van der Waals surface area contributed by atoms with Crippen molar-refractivity contribution in [2.24, 2.45) is 5.73 Å². The molecule has 3 N–H and O–H groups in total. The number of amides is 1. The zero-order chi connectivity index (χ0) is 14.4. The third kappa shape index (κ3) is 3.59. The molecule has 0 spiro atoms. The number of hydrogen-bond acceptors (Lipinski definition) is 3. The van der Waals surface area contributed by atoms with Gasteiger partial charge in [-0.15, -0.1) is 0 Å². The van der Waals surface area contributed by atoms with Crippen LogP contribution in [-0.4, -0.2) is 19.6 Å². The van der Waals surface area contributed by atoms with Gasteiger partial charge in [-0.25, -0.2) is 0 Å². The van der Waals surface area contributed by atoms with E-state index in [1.54, 1.807) is 19.2 Å². The number of carbonyl (C=O) groups excluding carboxylic acids is 1. The van der Waals surface area contributed by atoms with E-state index in [0.29, 0.717) is 12.2 Å². The predicted molar refractivity (Wildman–Crippen MR) is 79.6 cm³/mol. The molecular weight excluding hydrogens is 252 g/mol. The van der Waals surface area contributed by atoms with Gasteiger partial charge in [0.15, 0.2) is 0 Å². The van der Waals surface area contributed by atoms with Gasteiger partial charge in [0.05, 0.1) is 12.6 Å². The molecule has 4 heteroatoms. The van der Waals surface area contributed by atoms with Crippen molar-refractivity contribution in [1.82, 2.24) is 0 Å². The van der Waals surface area contributed by atoms with Crippen LogP contribution >= 0.6 is 0 Å². The number of nitrogens with two attached hydrogens (primary N) is 1. The standard InChI is InChI=1S/C16H18N2O2/c1-20-11-15(12-5-3-2-4-6-12)18-14-9-7-13(8-10-14)16(17)19/h2-10,15,18H,11H2,1H3,(H2,17,19). The summed E-state index contributed by atoms with van der Waals surface area (Å²) in [5.41, 5.74) is 7.79. The van der Waals surface area contributed by atoms with Gasteiger partial charge in [-0.05, 0) is 29.8 Å². The molecular formula is C16H18N2O2. The molecule has 0 heterocycles. The van der Waals surface area contributed by atoms with E-state index in [1.165, 1.54) is 0 Å².